The maximum atomic E-state index is 12.9. The van der Waals surface area contributed by atoms with Crippen molar-refractivity contribution in [1.82, 2.24) is 14.1 Å². The van der Waals surface area contributed by atoms with Crippen LogP contribution in [-0.4, -0.2) is 33.2 Å². The third-order valence-corrected chi connectivity index (χ3v) is 6.48. The molecule has 0 bridgehead atoms. The summed E-state index contributed by atoms with van der Waals surface area (Å²) in [6.07, 6.45) is 2.81. The van der Waals surface area contributed by atoms with Gasteiger partial charge in [0.15, 0.2) is 0 Å². The number of halogens is 3. The normalized spacial score (nSPS) is 12.4. The minimum atomic E-state index is -5.52. The van der Waals surface area contributed by atoms with Crippen molar-refractivity contribution < 1.29 is 26.7 Å². The van der Waals surface area contributed by atoms with Crippen LogP contribution in [0.5, 0.6) is 5.88 Å². The molecule has 0 aliphatic rings. The van der Waals surface area contributed by atoms with E-state index in [1.54, 1.807) is 12.3 Å². The summed E-state index contributed by atoms with van der Waals surface area (Å²) in [7, 11) is -5.52. The van der Waals surface area contributed by atoms with Gasteiger partial charge in [0.05, 0.1) is 28.8 Å². The molecule has 11 heteroatoms. The summed E-state index contributed by atoms with van der Waals surface area (Å²) in [6, 6.07) is 11.0. The molecule has 0 radical (unpaired) electrons. The molecule has 0 saturated heterocycles. The predicted octanol–water partition coefficient (Wildman–Crippen LogP) is 3.54. The van der Waals surface area contributed by atoms with Gasteiger partial charge in [-0.3, -0.25) is 9.55 Å². The van der Waals surface area contributed by atoms with Crippen LogP contribution in [0.2, 0.25) is 0 Å². The lowest BCUT2D eigenvalue weighted by Gasteiger charge is -2.09. The van der Waals surface area contributed by atoms with Crippen LogP contribution >= 0.6 is 0 Å². The highest BCUT2D eigenvalue weighted by molar-refractivity contribution is 7.92. The van der Waals surface area contributed by atoms with Gasteiger partial charge < -0.3 is 5.11 Å². The highest BCUT2D eigenvalue weighted by Gasteiger charge is 2.46. The summed E-state index contributed by atoms with van der Waals surface area (Å²) >= 11 is 0. The van der Waals surface area contributed by atoms with Crippen molar-refractivity contribution in [2.75, 3.05) is 0 Å². The number of aryl methyl sites for hydroxylation is 1. The summed E-state index contributed by atoms with van der Waals surface area (Å²) in [4.78, 5) is 16.2. The van der Waals surface area contributed by atoms with E-state index in [4.69, 9.17) is 0 Å². The summed E-state index contributed by atoms with van der Waals surface area (Å²) in [5, 5.41) is 11.1. The molecule has 32 heavy (non-hydrogen) atoms. The molecule has 0 fully saturated rings. The first kappa shape index (κ1) is 21.6. The number of pyridine rings is 1. The van der Waals surface area contributed by atoms with E-state index in [1.165, 1.54) is 10.8 Å². The van der Waals surface area contributed by atoms with Crippen molar-refractivity contribution in [2.24, 2.45) is 0 Å². The molecule has 1 N–H and O–H groups in total. The Kier molecular flexibility index (Phi) is 5.08. The fourth-order valence-electron chi connectivity index (χ4n) is 3.38. The van der Waals surface area contributed by atoms with E-state index in [-0.39, 0.29) is 12.2 Å². The molecule has 166 valence electrons. The van der Waals surface area contributed by atoms with Gasteiger partial charge in [0.25, 0.3) is 9.84 Å². The largest absolute Gasteiger partial charge is 0.501 e. The number of sulfone groups is 1. The summed E-state index contributed by atoms with van der Waals surface area (Å²) in [6.45, 7) is 2.05. The van der Waals surface area contributed by atoms with Crippen LogP contribution in [-0.2, 0) is 16.4 Å². The minimum absolute atomic E-state index is 0.0163. The van der Waals surface area contributed by atoms with Crippen LogP contribution in [0.15, 0.2) is 70.6 Å². The van der Waals surface area contributed by atoms with Crippen molar-refractivity contribution in [2.45, 2.75) is 23.9 Å². The maximum absolute atomic E-state index is 12.9. The predicted molar refractivity (Wildman–Crippen MR) is 111 cm³/mol. The fourth-order valence-corrected chi connectivity index (χ4v) is 4.14. The van der Waals surface area contributed by atoms with Gasteiger partial charge in [-0.15, -0.1) is 0 Å². The Morgan fingerprint density at radius 3 is 2.41 bits per heavy atom. The zero-order chi connectivity index (χ0) is 23.3. The van der Waals surface area contributed by atoms with Crippen molar-refractivity contribution in [3.8, 4) is 11.6 Å². The van der Waals surface area contributed by atoms with Crippen molar-refractivity contribution >= 4 is 20.7 Å². The topological polar surface area (TPSA) is 94.2 Å². The van der Waals surface area contributed by atoms with E-state index in [0.29, 0.717) is 0 Å². The van der Waals surface area contributed by atoms with Crippen molar-refractivity contribution in [1.29, 1.82) is 0 Å². The second-order valence-electron chi connectivity index (χ2n) is 7.17. The molecular weight excluding hydrogens is 447 g/mol. The molecular formula is C21H16F3N3O4S. The lowest BCUT2D eigenvalue weighted by Crippen LogP contribution is -2.24. The summed E-state index contributed by atoms with van der Waals surface area (Å²) in [5.74, 6) is -0.448. The van der Waals surface area contributed by atoms with Crippen LogP contribution in [0.4, 0.5) is 13.2 Å². The van der Waals surface area contributed by atoms with E-state index >= 15 is 0 Å². The molecule has 4 rings (SSSR count). The number of fused-ring (bicyclic) bond motifs is 1. The molecule has 0 amide bonds. The SMILES string of the molecule is Cc1ccc2c(Cn3cc(O)n(-c4ccc(S(=O)(=O)C(F)(F)F)cc4)c3=O)ccnc2c1. The highest BCUT2D eigenvalue weighted by Crippen LogP contribution is 2.30. The van der Waals surface area contributed by atoms with Crippen molar-refractivity contribution in [3.63, 3.8) is 0 Å². The molecule has 0 aliphatic heterocycles. The summed E-state index contributed by atoms with van der Waals surface area (Å²) in [5.41, 5.74) is -3.52. The molecule has 0 aliphatic carbocycles. The Morgan fingerprint density at radius 1 is 1.06 bits per heavy atom. The van der Waals surface area contributed by atoms with Gasteiger partial charge in [-0.2, -0.15) is 13.2 Å². The van der Waals surface area contributed by atoms with Crippen LogP contribution < -0.4 is 5.69 Å². The van der Waals surface area contributed by atoms with Gasteiger partial charge in [0, 0.05) is 11.6 Å². The monoisotopic (exact) mass is 463 g/mol. The molecule has 2 aromatic heterocycles. The smallest absolute Gasteiger partial charge is 0.493 e. The zero-order valence-corrected chi connectivity index (χ0v) is 17.4. The van der Waals surface area contributed by atoms with E-state index < -0.39 is 31.8 Å². The average Bonchev–Trinajstić information content (AvgIpc) is 3.00. The number of benzene rings is 2. The first-order chi connectivity index (χ1) is 15.0. The van der Waals surface area contributed by atoms with E-state index in [9.17, 15) is 31.5 Å². The number of hydrogen-bond acceptors (Lipinski definition) is 5. The zero-order valence-electron chi connectivity index (χ0n) is 16.5. The molecule has 4 aromatic rings. The van der Waals surface area contributed by atoms with Gasteiger partial charge in [-0.1, -0.05) is 12.1 Å². The highest BCUT2D eigenvalue weighted by atomic mass is 32.2. The van der Waals surface area contributed by atoms with Crippen LogP contribution in [0.25, 0.3) is 16.6 Å². The molecule has 0 saturated carbocycles. The first-order valence-electron chi connectivity index (χ1n) is 9.26. The molecule has 0 atom stereocenters. The number of aromatic hydroxyl groups is 1. The number of nitrogens with zero attached hydrogens (tertiary/aromatic N) is 3. The molecule has 2 aromatic carbocycles. The third kappa shape index (κ3) is 3.64. The van der Waals surface area contributed by atoms with Crippen LogP contribution in [0.3, 0.4) is 0 Å². The van der Waals surface area contributed by atoms with Crippen LogP contribution in [0.1, 0.15) is 11.1 Å². The van der Waals surface area contributed by atoms with Gasteiger partial charge in [0.1, 0.15) is 0 Å². The number of alkyl halides is 3. The molecule has 0 unspecified atom stereocenters. The number of aromatic nitrogens is 3. The Morgan fingerprint density at radius 2 is 1.75 bits per heavy atom. The van der Waals surface area contributed by atoms with Gasteiger partial charge in [0.2, 0.25) is 5.88 Å². The number of rotatable bonds is 4. The number of hydrogen-bond donors (Lipinski definition) is 1. The Balaban J connectivity index is 1.71. The maximum Gasteiger partial charge on any atom is 0.501 e. The Labute approximate surface area is 179 Å². The third-order valence-electron chi connectivity index (χ3n) is 4.98. The van der Waals surface area contributed by atoms with E-state index in [0.717, 1.165) is 50.9 Å². The number of imidazole rings is 1. The van der Waals surface area contributed by atoms with Crippen LogP contribution in [0, 0.1) is 6.92 Å². The van der Waals surface area contributed by atoms with Gasteiger partial charge in [-0.05, 0) is 54.4 Å². The summed E-state index contributed by atoms with van der Waals surface area (Å²) < 4.78 is 63.3. The minimum Gasteiger partial charge on any atom is -0.493 e. The second-order valence-corrected chi connectivity index (χ2v) is 9.11. The lowest BCUT2D eigenvalue weighted by atomic mass is 10.1. The lowest BCUT2D eigenvalue weighted by molar-refractivity contribution is -0.0436. The standard InChI is InChI=1S/C21H16F3N3O4S/c1-13-2-7-17-14(8-9-25-18(17)10-13)11-26-12-19(28)27(20(26)29)15-3-5-16(6-4-15)32(30,31)21(22,23)24/h2-10,12,28H,11H2,1H3. The van der Waals surface area contributed by atoms with E-state index in [1.807, 2.05) is 25.1 Å². The Hall–Kier alpha value is -3.60. The molecule has 2 heterocycles. The van der Waals surface area contributed by atoms with Crippen molar-refractivity contribution in [3.05, 3.63) is 82.5 Å². The van der Waals surface area contributed by atoms with E-state index in [2.05, 4.69) is 4.98 Å². The average molecular weight is 463 g/mol. The first-order valence-corrected chi connectivity index (χ1v) is 10.7. The molecule has 7 nitrogen and oxygen atoms in total. The second kappa shape index (κ2) is 7.52. The van der Waals surface area contributed by atoms with Gasteiger partial charge >= 0.3 is 11.2 Å². The van der Waals surface area contributed by atoms with Gasteiger partial charge in [-0.25, -0.2) is 17.8 Å². The fraction of sp³-hybridized carbons (Fsp3) is 0.143. The quantitative estimate of drug-likeness (QED) is 0.500. The Bertz CT molecular complexity index is 1490. The molecule has 0 spiro atoms.